The van der Waals surface area contributed by atoms with Crippen LogP contribution in [0.2, 0.25) is 0 Å². The quantitative estimate of drug-likeness (QED) is 0.822. The Kier molecular flexibility index (Phi) is 3.54. The van der Waals surface area contributed by atoms with Gasteiger partial charge in [-0.2, -0.15) is 0 Å². The number of rotatable bonds is 4. The Hall–Kier alpha value is -1.93. The number of hydrogen-bond acceptors (Lipinski definition) is 5. The monoisotopic (exact) mass is 285 g/mol. The van der Waals surface area contributed by atoms with E-state index in [-0.39, 0.29) is 17.3 Å². The van der Waals surface area contributed by atoms with Crippen LogP contribution in [0.25, 0.3) is 0 Å². The molecule has 0 atom stereocenters. The van der Waals surface area contributed by atoms with Crippen molar-refractivity contribution in [3.63, 3.8) is 0 Å². The molecule has 1 aromatic heterocycles. The number of aromatic nitrogens is 1. The molecule has 0 aliphatic rings. The SMILES string of the molecule is Cc1cnc(CNS(=O)(=O)c2cccc(F)c2N)o1. The molecule has 0 aliphatic heterocycles. The summed E-state index contributed by atoms with van der Waals surface area (Å²) in [6, 6.07) is 3.59. The average Bonchev–Trinajstić information content (AvgIpc) is 2.76. The van der Waals surface area contributed by atoms with Crippen LogP contribution in [0.4, 0.5) is 10.1 Å². The van der Waals surface area contributed by atoms with E-state index in [1.54, 1.807) is 6.92 Å². The first-order valence-electron chi connectivity index (χ1n) is 5.35. The summed E-state index contributed by atoms with van der Waals surface area (Å²) in [6.45, 7) is 1.56. The molecular formula is C11H12FN3O3S. The van der Waals surface area contributed by atoms with E-state index < -0.39 is 21.5 Å². The van der Waals surface area contributed by atoms with Gasteiger partial charge in [-0.1, -0.05) is 6.07 Å². The number of aryl methyl sites for hydroxylation is 1. The van der Waals surface area contributed by atoms with Crippen molar-refractivity contribution in [1.82, 2.24) is 9.71 Å². The molecule has 102 valence electrons. The third-order valence-corrected chi connectivity index (χ3v) is 3.84. The van der Waals surface area contributed by atoms with Gasteiger partial charge in [-0.3, -0.25) is 0 Å². The zero-order valence-electron chi connectivity index (χ0n) is 10.1. The maximum atomic E-state index is 13.2. The molecule has 0 aliphatic carbocycles. The van der Waals surface area contributed by atoms with Crippen LogP contribution in [-0.2, 0) is 16.6 Å². The second-order valence-electron chi connectivity index (χ2n) is 3.84. The van der Waals surface area contributed by atoms with Gasteiger partial charge in [0.1, 0.15) is 16.5 Å². The van der Waals surface area contributed by atoms with E-state index in [0.29, 0.717) is 5.76 Å². The Balaban J connectivity index is 2.21. The lowest BCUT2D eigenvalue weighted by Gasteiger charge is -2.08. The minimum atomic E-state index is -3.92. The molecule has 8 heteroatoms. The Morgan fingerprint density at radius 2 is 2.21 bits per heavy atom. The van der Waals surface area contributed by atoms with Crippen LogP contribution >= 0.6 is 0 Å². The Labute approximate surface area is 109 Å². The average molecular weight is 285 g/mol. The van der Waals surface area contributed by atoms with E-state index in [2.05, 4.69) is 9.71 Å². The molecule has 0 amide bonds. The molecule has 0 unspecified atom stereocenters. The number of nitrogen functional groups attached to an aromatic ring is 1. The van der Waals surface area contributed by atoms with Crippen molar-refractivity contribution in [2.75, 3.05) is 5.73 Å². The predicted molar refractivity (Wildman–Crippen MR) is 66.1 cm³/mol. The number of oxazole rings is 1. The van der Waals surface area contributed by atoms with E-state index in [1.807, 2.05) is 0 Å². The van der Waals surface area contributed by atoms with Gasteiger partial charge in [0.05, 0.1) is 18.4 Å². The number of halogens is 1. The second-order valence-corrected chi connectivity index (χ2v) is 5.58. The number of nitrogens with one attached hydrogen (secondary N) is 1. The lowest BCUT2D eigenvalue weighted by molar-refractivity contribution is 0.463. The van der Waals surface area contributed by atoms with Gasteiger partial charge in [-0.15, -0.1) is 0 Å². The van der Waals surface area contributed by atoms with Crippen LogP contribution in [0, 0.1) is 12.7 Å². The van der Waals surface area contributed by atoms with Crippen molar-refractivity contribution in [1.29, 1.82) is 0 Å². The summed E-state index contributed by atoms with van der Waals surface area (Å²) >= 11 is 0. The molecular weight excluding hydrogens is 273 g/mol. The van der Waals surface area contributed by atoms with E-state index in [4.69, 9.17) is 10.2 Å². The number of anilines is 1. The molecule has 1 aromatic carbocycles. The number of nitrogens with two attached hydrogens (primary N) is 1. The van der Waals surface area contributed by atoms with E-state index in [1.165, 1.54) is 18.3 Å². The number of sulfonamides is 1. The summed E-state index contributed by atoms with van der Waals surface area (Å²) in [5, 5.41) is 0. The zero-order chi connectivity index (χ0) is 14.0. The van der Waals surface area contributed by atoms with Crippen LogP contribution in [0.1, 0.15) is 11.7 Å². The van der Waals surface area contributed by atoms with Gasteiger partial charge in [0, 0.05) is 0 Å². The highest BCUT2D eigenvalue weighted by Gasteiger charge is 2.19. The number of benzene rings is 1. The maximum Gasteiger partial charge on any atom is 0.243 e. The summed E-state index contributed by atoms with van der Waals surface area (Å²) in [5.41, 5.74) is 4.99. The second kappa shape index (κ2) is 4.98. The van der Waals surface area contributed by atoms with Gasteiger partial charge in [-0.05, 0) is 19.1 Å². The van der Waals surface area contributed by atoms with Gasteiger partial charge in [-0.25, -0.2) is 22.5 Å². The van der Waals surface area contributed by atoms with Crippen LogP contribution in [-0.4, -0.2) is 13.4 Å². The van der Waals surface area contributed by atoms with Crippen LogP contribution in [0.3, 0.4) is 0 Å². The third-order valence-electron chi connectivity index (χ3n) is 2.38. The van der Waals surface area contributed by atoms with E-state index in [9.17, 15) is 12.8 Å². The van der Waals surface area contributed by atoms with Crippen molar-refractivity contribution in [2.45, 2.75) is 18.4 Å². The molecule has 1 heterocycles. The molecule has 0 fully saturated rings. The summed E-state index contributed by atoms with van der Waals surface area (Å²) in [4.78, 5) is 3.54. The van der Waals surface area contributed by atoms with Crippen LogP contribution in [0.5, 0.6) is 0 Å². The molecule has 0 saturated heterocycles. The predicted octanol–water partition coefficient (Wildman–Crippen LogP) is 1.18. The third kappa shape index (κ3) is 2.91. The molecule has 0 radical (unpaired) electrons. The molecule has 2 aromatic rings. The highest BCUT2D eigenvalue weighted by Crippen LogP contribution is 2.20. The molecule has 0 bridgehead atoms. The topological polar surface area (TPSA) is 98.2 Å². The molecule has 0 saturated carbocycles. The van der Waals surface area contributed by atoms with Gasteiger partial charge < -0.3 is 10.2 Å². The molecule has 19 heavy (non-hydrogen) atoms. The smallest absolute Gasteiger partial charge is 0.243 e. The standard InChI is InChI=1S/C11H12FN3O3S/c1-7-5-14-10(18-7)6-15-19(16,17)9-4-2-3-8(12)11(9)13/h2-5,15H,6,13H2,1H3. The van der Waals surface area contributed by atoms with Gasteiger partial charge in [0.15, 0.2) is 0 Å². The zero-order valence-corrected chi connectivity index (χ0v) is 10.9. The fraction of sp³-hybridized carbons (Fsp3) is 0.182. The van der Waals surface area contributed by atoms with Gasteiger partial charge in [0.2, 0.25) is 15.9 Å². The summed E-state index contributed by atoms with van der Waals surface area (Å²) < 4.78 is 44.5. The molecule has 0 spiro atoms. The number of nitrogens with zero attached hydrogens (tertiary/aromatic N) is 1. The van der Waals surface area contributed by atoms with Crippen molar-refractivity contribution in [3.8, 4) is 0 Å². The van der Waals surface area contributed by atoms with Crippen LogP contribution in [0.15, 0.2) is 33.7 Å². The van der Waals surface area contributed by atoms with Crippen molar-refractivity contribution in [3.05, 3.63) is 41.9 Å². The maximum absolute atomic E-state index is 13.2. The summed E-state index contributed by atoms with van der Waals surface area (Å²) in [5.74, 6) is 0.00496. The van der Waals surface area contributed by atoms with Gasteiger partial charge >= 0.3 is 0 Å². The first-order valence-corrected chi connectivity index (χ1v) is 6.83. The Morgan fingerprint density at radius 3 is 2.84 bits per heavy atom. The van der Waals surface area contributed by atoms with Crippen molar-refractivity contribution in [2.24, 2.45) is 0 Å². The summed E-state index contributed by atoms with van der Waals surface area (Å²) in [6.07, 6.45) is 1.47. The molecule has 6 nitrogen and oxygen atoms in total. The number of para-hydroxylation sites is 1. The lowest BCUT2D eigenvalue weighted by atomic mass is 10.3. The van der Waals surface area contributed by atoms with E-state index in [0.717, 1.165) is 6.07 Å². The molecule has 2 rings (SSSR count). The normalized spacial score (nSPS) is 11.7. The highest BCUT2D eigenvalue weighted by molar-refractivity contribution is 7.89. The Bertz CT molecular complexity index is 697. The minimum Gasteiger partial charge on any atom is -0.445 e. The minimum absolute atomic E-state index is 0.133. The lowest BCUT2D eigenvalue weighted by Crippen LogP contribution is -2.24. The first-order chi connectivity index (χ1) is 8.90. The van der Waals surface area contributed by atoms with Gasteiger partial charge in [0.25, 0.3) is 0 Å². The summed E-state index contributed by atoms with van der Waals surface area (Å²) in [7, 11) is -3.92. The molecule has 3 N–H and O–H groups in total. The van der Waals surface area contributed by atoms with Crippen LogP contribution < -0.4 is 10.5 Å². The number of hydrogen-bond donors (Lipinski definition) is 2. The van der Waals surface area contributed by atoms with Crippen molar-refractivity contribution >= 4 is 15.7 Å². The Morgan fingerprint density at radius 1 is 1.47 bits per heavy atom. The van der Waals surface area contributed by atoms with Crippen molar-refractivity contribution < 1.29 is 17.2 Å². The van der Waals surface area contributed by atoms with E-state index >= 15 is 0 Å². The largest absolute Gasteiger partial charge is 0.445 e. The highest BCUT2D eigenvalue weighted by atomic mass is 32.2. The first kappa shape index (κ1) is 13.5. The fourth-order valence-corrected chi connectivity index (χ4v) is 2.58. The fourth-order valence-electron chi connectivity index (χ4n) is 1.47.